The second-order valence-electron chi connectivity index (χ2n) is 8.24. The topological polar surface area (TPSA) is 105 Å². The molecule has 0 unspecified atom stereocenters. The standard InChI is InChI=1S/C22H17F3N4O4S/c1-2-34(31,32)20-18(27-17-9-14(5-8-28(17)20)21(12-26)6-7-21)29-11-13-3-4-15(33-22(23,24)25)10-16(13)19(29)30/h3-5,8-10H,2,6-7,11H2,1H3. The van der Waals surface area contributed by atoms with E-state index in [0.717, 1.165) is 17.0 Å². The number of carbonyl (C=O) groups is 1. The van der Waals surface area contributed by atoms with Crippen molar-refractivity contribution in [2.45, 2.75) is 43.1 Å². The van der Waals surface area contributed by atoms with Gasteiger partial charge in [0, 0.05) is 11.8 Å². The summed E-state index contributed by atoms with van der Waals surface area (Å²) >= 11 is 0. The number of nitrogens with zero attached hydrogens (tertiary/aromatic N) is 4. The number of benzene rings is 1. The van der Waals surface area contributed by atoms with E-state index in [-0.39, 0.29) is 34.4 Å². The molecule has 34 heavy (non-hydrogen) atoms. The lowest BCUT2D eigenvalue weighted by Gasteiger charge is -2.15. The predicted octanol–water partition coefficient (Wildman–Crippen LogP) is 3.74. The molecule has 1 aliphatic carbocycles. The van der Waals surface area contributed by atoms with Gasteiger partial charge in [0.05, 0.1) is 23.8 Å². The zero-order chi connectivity index (χ0) is 24.5. The van der Waals surface area contributed by atoms with E-state index in [1.807, 2.05) is 0 Å². The molecular weight excluding hydrogens is 473 g/mol. The monoisotopic (exact) mass is 490 g/mol. The zero-order valence-corrected chi connectivity index (χ0v) is 18.6. The molecule has 1 saturated carbocycles. The molecule has 1 amide bonds. The number of hydrogen-bond acceptors (Lipinski definition) is 6. The lowest BCUT2D eigenvalue weighted by Crippen LogP contribution is -2.26. The highest BCUT2D eigenvalue weighted by Crippen LogP contribution is 2.48. The average Bonchev–Trinajstić information content (AvgIpc) is 3.39. The fraction of sp³-hybridized carbons (Fsp3) is 0.318. The Kier molecular flexibility index (Phi) is 4.71. The highest BCUT2D eigenvalue weighted by molar-refractivity contribution is 7.91. The van der Waals surface area contributed by atoms with Gasteiger partial charge in [0.15, 0.2) is 20.7 Å². The largest absolute Gasteiger partial charge is 0.573 e. The number of amides is 1. The second-order valence-corrected chi connectivity index (χ2v) is 10.4. The first-order valence-corrected chi connectivity index (χ1v) is 12.0. The number of halogens is 3. The maximum absolute atomic E-state index is 13.1. The predicted molar refractivity (Wildman–Crippen MR) is 113 cm³/mol. The normalized spacial score (nSPS) is 17.0. The minimum Gasteiger partial charge on any atom is -0.406 e. The molecule has 0 radical (unpaired) electrons. The molecule has 1 fully saturated rings. The van der Waals surface area contributed by atoms with E-state index in [9.17, 15) is 31.6 Å². The Morgan fingerprint density at radius 1 is 1.24 bits per heavy atom. The van der Waals surface area contributed by atoms with E-state index in [0.29, 0.717) is 24.0 Å². The summed E-state index contributed by atoms with van der Waals surface area (Å²) in [4.78, 5) is 18.7. The molecule has 1 aromatic carbocycles. The first-order valence-electron chi connectivity index (χ1n) is 10.4. The number of pyridine rings is 1. The number of alkyl halides is 3. The van der Waals surface area contributed by atoms with Crippen molar-refractivity contribution in [3.05, 3.63) is 53.2 Å². The number of aromatic nitrogens is 2. The van der Waals surface area contributed by atoms with Gasteiger partial charge in [-0.05, 0) is 48.2 Å². The van der Waals surface area contributed by atoms with Crippen molar-refractivity contribution in [1.29, 1.82) is 5.26 Å². The molecule has 8 nitrogen and oxygen atoms in total. The molecule has 3 heterocycles. The average molecular weight is 490 g/mol. The summed E-state index contributed by atoms with van der Waals surface area (Å²) in [6.45, 7) is 1.40. The van der Waals surface area contributed by atoms with Crippen LogP contribution < -0.4 is 9.64 Å². The number of hydrogen-bond donors (Lipinski definition) is 0. The zero-order valence-electron chi connectivity index (χ0n) is 17.8. The number of anilines is 1. The third-order valence-electron chi connectivity index (χ3n) is 6.13. The fourth-order valence-electron chi connectivity index (χ4n) is 4.15. The van der Waals surface area contributed by atoms with Crippen LogP contribution in [0.2, 0.25) is 0 Å². The van der Waals surface area contributed by atoms with Crippen LogP contribution >= 0.6 is 0 Å². The van der Waals surface area contributed by atoms with Crippen LogP contribution in [-0.4, -0.2) is 35.8 Å². The van der Waals surface area contributed by atoms with E-state index >= 15 is 0 Å². The maximum atomic E-state index is 13.1. The SMILES string of the molecule is CCS(=O)(=O)c1c(N2Cc3ccc(OC(F)(F)F)cc3C2=O)nc2cc(C3(C#N)CC3)ccn12. The molecule has 0 bridgehead atoms. The van der Waals surface area contributed by atoms with E-state index in [1.165, 1.54) is 23.6 Å². The molecule has 2 aromatic heterocycles. The third-order valence-corrected chi connectivity index (χ3v) is 7.86. The molecule has 2 aliphatic rings. The van der Waals surface area contributed by atoms with Crippen molar-refractivity contribution in [2.24, 2.45) is 0 Å². The summed E-state index contributed by atoms with van der Waals surface area (Å²) in [5.41, 5.74) is 0.737. The number of nitriles is 1. The molecule has 0 saturated heterocycles. The molecule has 176 valence electrons. The quantitative estimate of drug-likeness (QED) is 0.540. The Morgan fingerprint density at radius 3 is 2.59 bits per heavy atom. The Hall–Kier alpha value is -3.59. The van der Waals surface area contributed by atoms with Gasteiger partial charge in [0.25, 0.3) is 5.91 Å². The van der Waals surface area contributed by atoms with Crippen molar-refractivity contribution < 1.29 is 31.1 Å². The molecule has 0 atom stereocenters. The molecule has 1 aliphatic heterocycles. The van der Waals surface area contributed by atoms with Crippen LogP contribution in [0.15, 0.2) is 41.6 Å². The molecule has 3 aromatic rings. The smallest absolute Gasteiger partial charge is 0.406 e. The van der Waals surface area contributed by atoms with E-state index in [2.05, 4.69) is 15.8 Å². The van der Waals surface area contributed by atoms with Crippen molar-refractivity contribution in [2.75, 3.05) is 10.7 Å². The van der Waals surface area contributed by atoms with E-state index in [1.54, 1.807) is 12.1 Å². The third kappa shape index (κ3) is 3.47. The summed E-state index contributed by atoms with van der Waals surface area (Å²) in [6.07, 6.45) is -2.02. The fourth-order valence-corrected chi connectivity index (χ4v) is 5.31. The lowest BCUT2D eigenvalue weighted by molar-refractivity contribution is -0.274. The van der Waals surface area contributed by atoms with E-state index < -0.39 is 33.3 Å². The van der Waals surface area contributed by atoms with Gasteiger partial charge in [-0.15, -0.1) is 13.2 Å². The summed E-state index contributed by atoms with van der Waals surface area (Å²) < 4.78 is 69.1. The van der Waals surface area contributed by atoms with Crippen LogP contribution in [0, 0.1) is 11.3 Å². The Bertz CT molecular complexity index is 1500. The van der Waals surface area contributed by atoms with Gasteiger partial charge < -0.3 is 4.74 Å². The number of imidazole rings is 1. The Balaban J connectivity index is 1.62. The summed E-state index contributed by atoms with van der Waals surface area (Å²) in [6, 6.07) is 9.00. The van der Waals surface area contributed by atoms with Crippen LogP contribution in [0.5, 0.6) is 5.75 Å². The first-order chi connectivity index (χ1) is 16.0. The summed E-state index contributed by atoms with van der Waals surface area (Å²) in [7, 11) is -3.86. The van der Waals surface area contributed by atoms with Gasteiger partial charge in [-0.25, -0.2) is 13.4 Å². The van der Waals surface area contributed by atoms with Gasteiger partial charge in [0.2, 0.25) is 0 Å². The highest BCUT2D eigenvalue weighted by atomic mass is 32.2. The van der Waals surface area contributed by atoms with Gasteiger partial charge in [-0.2, -0.15) is 5.26 Å². The molecule has 0 spiro atoms. The van der Waals surface area contributed by atoms with E-state index in [4.69, 9.17) is 0 Å². The van der Waals surface area contributed by atoms with Crippen LogP contribution in [0.25, 0.3) is 5.65 Å². The molecule has 12 heteroatoms. The second kappa shape index (κ2) is 7.20. The van der Waals surface area contributed by atoms with Gasteiger partial charge in [-0.1, -0.05) is 13.0 Å². The highest BCUT2D eigenvalue weighted by Gasteiger charge is 2.45. The Labute approximate surface area is 192 Å². The number of fused-ring (bicyclic) bond motifs is 2. The summed E-state index contributed by atoms with van der Waals surface area (Å²) in [5.74, 6) is -1.60. The van der Waals surface area contributed by atoms with Crippen LogP contribution in [0.4, 0.5) is 19.0 Å². The summed E-state index contributed by atoms with van der Waals surface area (Å²) in [5, 5.41) is 9.31. The van der Waals surface area contributed by atoms with Gasteiger partial charge in [0.1, 0.15) is 11.4 Å². The van der Waals surface area contributed by atoms with Crippen molar-refractivity contribution >= 4 is 27.2 Å². The minimum atomic E-state index is -4.92. The van der Waals surface area contributed by atoms with Crippen molar-refractivity contribution in [3.8, 4) is 11.8 Å². The molecule has 0 N–H and O–H groups in total. The van der Waals surface area contributed by atoms with Crippen molar-refractivity contribution in [1.82, 2.24) is 9.38 Å². The number of sulfone groups is 1. The van der Waals surface area contributed by atoms with Crippen LogP contribution in [0.3, 0.4) is 0 Å². The molecular formula is C22H17F3N4O4S. The van der Waals surface area contributed by atoms with Crippen molar-refractivity contribution in [3.63, 3.8) is 0 Å². The van der Waals surface area contributed by atoms with Gasteiger partial charge >= 0.3 is 6.36 Å². The minimum absolute atomic E-state index is 0.0271. The van der Waals surface area contributed by atoms with Gasteiger partial charge in [-0.3, -0.25) is 14.1 Å². The van der Waals surface area contributed by atoms with Crippen LogP contribution in [0.1, 0.15) is 41.3 Å². The maximum Gasteiger partial charge on any atom is 0.573 e. The Morgan fingerprint density at radius 2 is 1.97 bits per heavy atom. The lowest BCUT2D eigenvalue weighted by atomic mass is 9.99. The number of rotatable bonds is 5. The molecule has 5 rings (SSSR count). The van der Waals surface area contributed by atoms with Crippen LogP contribution in [-0.2, 0) is 21.8 Å². The number of ether oxygens (including phenoxy) is 1. The number of carbonyl (C=O) groups excluding carboxylic acids is 1. The first kappa shape index (κ1) is 22.2.